The molecule has 0 heterocycles. The van der Waals surface area contributed by atoms with Gasteiger partial charge in [0.1, 0.15) is 0 Å². The maximum absolute atomic E-state index is 3.24. The van der Waals surface area contributed by atoms with Gasteiger partial charge in [0.2, 0.25) is 0 Å². The van der Waals surface area contributed by atoms with Gasteiger partial charge in [-0.3, -0.25) is 0 Å². The molecule has 0 aromatic carbocycles. The molecule has 0 unspecified atom stereocenters. The van der Waals surface area contributed by atoms with E-state index in [1.54, 1.807) is 0 Å². The average molecular weight is 167 g/mol. The minimum atomic E-state index is 0.539. The third kappa shape index (κ3) is 7.39. The Morgan fingerprint density at radius 3 is 2.58 bits per heavy atom. The average Bonchev–Trinajstić information content (AvgIpc) is 1.98. The van der Waals surface area contributed by atoms with Gasteiger partial charge in [0.25, 0.3) is 0 Å². The van der Waals surface area contributed by atoms with Crippen LogP contribution in [0.25, 0.3) is 0 Å². The molecule has 1 nitrogen and oxygen atoms in total. The summed E-state index contributed by atoms with van der Waals surface area (Å²) in [7, 11) is 0. The van der Waals surface area contributed by atoms with Crippen LogP contribution in [0.1, 0.15) is 40.5 Å². The van der Waals surface area contributed by atoms with Crippen molar-refractivity contribution in [1.82, 2.24) is 5.32 Å². The largest absolute Gasteiger partial charge is 0.389 e. The highest BCUT2D eigenvalue weighted by atomic mass is 14.9. The van der Waals surface area contributed by atoms with Crippen LogP contribution in [0.5, 0.6) is 0 Å². The number of nitrogens with one attached hydrogen (secondary N) is 1. The smallest absolute Gasteiger partial charge is 0.0199 e. The first kappa shape index (κ1) is 11.3. The summed E-state index contributed by atoms with van der Waals surface area (Å²) in [5.74, 6) is 0. The molecule has 0 amide bonds. The first-order chi connectivity index (χ1) is 5.66. The van der Waals surface area contributed by atoms with Gasteiger partial charge in [0, 0.05) is 6.04 Å². The van der Waals surface area contributed by atoms with Crippen molar-refractivity contribution in [3.8, 4) is 0 Å². The molecule has 1 heteroatoms. The number of allylic oxidation sites excluding steroid dienone is 3. The molecular weight excluding hydrogens is 146 g/mol. The zero-order valence-electron chi connectivity index (χ0n) is 8.72. The number of hydrogen-bond acceptors (Lipinski definition) is 1. The van der Waals surface area contributed by atoms with Crippen LogP contribution in [0, 0.1) is 0 Å². The Morgan fingerprint density at radius 2 is 2.08 bits per heavy atom. The van der Waals surface area contributed by atoms with E-state index in [0.717, 1.165) is 12.8 Å². The molecular formula is C11H21N. The molecule has 0 aromatic heterocycles. The lowest BCUT2D eigenvalue weighted by atomic mass is 10.2. The second kappa shape index (κ2) is 6.96. The molecule has 0 aromatic rings. The van der Waals surface area contributed by atoms with E-state index in [2.05, 4.69) is 45.2 Å². The highest BCUT2D eigenvalue weighted by molar-refractivity contribution is 5.03. The van der Waals surface area contributed by atoms with Crippen molar-refractivity contribution in [3.63, 3.8) is 0 Å². The number of hydrogen-bond donors (Lipinski definition) is 1. The molecule has 0 aliphatic rings. The molecule has 0 aliphatic heterocycles. The van der Waals surface area contributed by atoms with Crippen LogP contribution in [0.3, 0.4) is 0 Å². The molecule has 0 saturated carbocycles. The second-order valence-corrected chi connectivity index (χ2v) is 3.39. The van der Waals surface area contributed by atoms with E-state index in [4.69, 9.17) is 0 Å². The third-order valence-corrected chi connectivity index (χ3v) is 1.54. The Hall–Kier alpha value is -0.720. The molecule has 0 radical (unpaired) electrons. The van der Waals surface area contributed by atoms with Gasteiger partial charge in [-0.1, -0.05) is 24.6 Å². The van der Waals surface area contributed by atoms with Crippen LogP contribution in [-0.4, -0.2) is 6.04 Å². The van der Waals surface area contributed by atoms with Crippen LogP contribution in [0.2, 0.25) is 0 Å². The first-order valence-corrected chi connectivity index (χ1v) is 4.73. The highest BCUT2D eigenvalue weighted by Crippen LogP contribution is 2.01. The zero-order valence-corrected chi connectivity index (χ0v) is 8.72. The van der Waals surface area contributed by atoms with Gasteiger partial charge in [-0.2, -0.15) is 0 Å². The van der Waals surface area contributed by atoms with Gasteiger partial charge < -0.3 is 5.32 Å². The molecule has 0 fully saturated rings. The monoisotopic (exact) mass is 167 g/mol. The lowest BCUT2D eigenvalue weighted by Gasteiger charge is -2.02. The summed E-state index contributed by atoms with van der Waals surface area (Å²) in [6.07, 6.45) is 8.67. The van der Waals surface area contributed by atoms with Crippen LogP contribution >= 0.6 is 0 Å². The fraction of sp³-hybridized carbons (Fsp3) is 0.636. The van der Waals surface area contributed by atoms with Gasteiger partial charge in [-0.15, -0.1) is 0 Å². The van der Waals surface area contributed by atoms with Gasteiger partial charge in [0.05, 0.1) is 0 Å². The standard InChI is InChI=1S/C11H21N/c1-5-7-11(4)8-6-9-12-10(2)3/h6-7,9-10,12H,5,8H2,1-4H3/b9-6-,11-7-. The van der Waals surface area contributed by atoms with Gasteiger partial charge in [-0.05, 0) is 39.8 Å². The summed E-state index contributed by atoms with van der Waals surface area (Å²) >= 11 is 0. The molecule has 12 heavy (non-hydrogen) atoms. The van der Waals surface area contributed by atoms with Gasteiger partial charge in [-0.25, -0.2) is 0 Å². The van der Waals surface area contributed by atoms with Crippen molar-refractivity contribution in [1.29, 1.82) is 0 Å². The van der Waals surface area contributed by atoms with Crippen molar-refractivity contribution in [2.75, 3.05) is 0 Å². The topological polar surface area (TPSA) is 12.0 Å². The maximum atomic E-state index is 3.24. The minimum Gasteiger partial charge on any atom is -0.389 e. The van der Waals surface area contributed by atoms with Crippen molar-refractivity contribution in [2.45, 2.75) is 46.6 Å². The predicted octanol–water partition coefficient (Wildman–Crippen LogP) is 3.24. The summed E-state index contributed by atoms with van der Waals surface area (Å²) in [6.45, 7) is 8.61. The van der Waals surface area contributed by atoms with Crippen molar-refractivity contribution in [3.05, 3.63) is 23.9 Å². The molecule has 1 N–H and O–H groups in total. The third-order valence-electron chi connectivity index (χ3n) is 1.54. The second-order valence-electron chi connectivity index (χ2n) is 3.39. The molecule has 0 atom stereocenters. The van der Waals surface area contributed by atoms with E-state index in [9.17, 15) is 0 Å². The Morgan fingerprint density at radius 1 is 1.42 bits per heavy atom. The van der Waals surface area contributed by atoms with E-state index in [1.165, 1.54) is 5.57 Å². The lowest BCUT2D eigenvalue weighted by Crippen LogP contribution is -2.14. The van der Waals surface area contributed by atoms with E-state index < -0.39 is 0 Å². The van der Waals surface area contributed by atoms with E-state index in [-0.39, 0.29) is 0 Å². The molecule has 0 rings (SSSR count). The minimum absolute atomic E-state index is 0.539. The van der Waals surface area contributed by atoms with Crippen molar-refractivity contribution < 1.29 is 0 Å². The van der Waals surface area contributed by atoms with Gasteiger partial charge in [0.15, 0.2) is 0 Å². The fourth-order valence-electron chi connectivity index (χ4n) is 0.937. The van der Waals surface area contributed by atoms with E-state index >= 15 is 0 Å². The number of rotatable bonds is 5. The first-order valence-electron chi connectivity index (χ1n) is 4.73. The Balaban J connectivity index is 3.53. The summed E-state index contributed by atoms with van der Waals surface area (Å²) in [5.41, 5.74) is 1.44. The zero-order chi connectivity index (χ0) is 9.40. The molecule has 0 aliphatic carbocycles. The molecule has 0 spiro atoms. The van der Waals surface area contributed by atoms with Crippen LogP contribution < -0.4 is 5.32 Å². The fourth-order valence-corrected chi connectivity index (χ4v) is 0.937. The highest BCUT2D eigenvalue weighted by Gasteiger charge is 1.85. The summed E-state index contributed by atoms with van der Waals surface area (Å²) in [6, 6.07) is 0.539. The normalized spacial score (nSPS) is 12.9. The Kier molecular flexibility index (Phi) is 6.54. The molecule has 70 valence electrons. The van der Waals surface area contributed by atoms with Crippen molar-refractivity contribution >= 4 is 0 Å². The maximum Gasteiger partial charge on any atom is 0.0199 e. The summed E-state index contributed by atoms with van der Waals surface area (Å²) in [4.78, 5) is 0. The Bertz CT molecular complexity index is 154. The molecule has 0 saturated heterocycles. The SMILES string of the molecule is CC/C=C(/C)C/C=C\NC(C)C. The summed E-state index contributed by atoms with van der Waals surface area (Å²) in [5, 5.41) is 3.24. The van der Waals surface area contributed by atoms with E-state index in [0.29, 0.717) is 6.04 Å². The van der Waals surface area contributed by atoms with Crippen molar-refractivity contribution in [2.24, 2.45) is 0 Å². The van der Waals surface area contributed by atoms with Crippen LogP contribution in [0.4, 0.5) is 0 Å². The molecule has 0 bridgehead atoms. The Labute approximate surface area is 76.6 Å². The van der Waals surface area contributed by atoms with Crippen LogP contribution in [-0.2, 0) is 0 Å². The predicted molar refractivity (Wildman–Crippen MR) is 56.1 cm³/mol. The van der Waals surface area contributed by atoms with Crippen LogP contribution in [0.15, 0.2) is 23.9 Å². The van der Waals surface area contributed by atoms with Gasteiger partial charge >= 0.3 is 0 Å². The summed E-state index contributed by atoms with van der Waals surface area (Å²) < 4.78 is 0. The lowest BCUT2D eigenvalue weighted by molar-refractivity contribution is 0.701. The quantitative estimate of drug-likeness (QED) is 0.620. The van der Waals surface area contributed by atoms with E-state index in [1.807, 2.05) is 6.20 Å².